The van der Waals surface area contributed by atoms with Gasteiger partial charge in [-0.25, -0.2) is 4.98 Å². The lowest BCUT2D eigenvalue weighted by Gasteiger charge is -2.07. The van der Waals surface area contributed by atoms with E-state index >= 15 is 0 Å². The molecular formula is C11H11N2O. The minimum Gasteiger partial charge on any atom is -0.495 e. The maximum absolute atomic E-state index is 5.23. The number of aromatic nitrogens is 2. The molecule has 1 aromatic carbocycles. The Bertz CT molecular complexity index is 434. The number of benzene rings is 1. The molecule has 1 aromatic heterocycles. The minimum atomic E-state index is 0.796. The molecule has 0 saturated carbocycles. The van der Waals surface area contributed by atoms with Gasteiger partial charge < -0.3 is 9.30 Å². The molecule has 0 amide bonds. The topological polar surface area (TPSA) is 27.1 Å². The molecule has 0 aliphatic rings. The molecule has 0 aliphatic heterocycles. The number of rotatable bonds is 2. The van der Waals surface area contributed by atoms with Gasteiger partial charge in [-0.2, -0.15) is 0 Å². The summed E-state index contributed by atoms with van der Waals surface area (Å²) in [4.78, 5) is 4.17. The van der Waals surface area contributed by atoms with Gasteiger partial charge in [-0.1, -0.05) is 6.07 Å². The van der Waals surface area contributed by atoms with Gasteiger partial charge in [0, 0.05) is 6.20 Å². The third kappa shape index (κ3) is 1.48. The van der Waals surface area contributed by atoms with Crippen LogP contribution in [0.5, 0.6) is 5.75 Å². The summed E-state index contributed by atoms with van der Waals surface area (Å²) in [5.74, 6) is 0.796. The van der Waals surface area contributed by atoms with E-state index in [9.17, 15) is 0 Å². The van der Waals surface area contributed by atoms with Crippen LogP contribution in [0.4, 0.5) is 0 Å². The normalized spacial score (nSPS) is 10.1. The monoisotopic (exact) mass is 187 g/mol. The van der Waals surface area contributed by atoms with Gasteiger partial charge >= 0.3 is 0 Å². The van der Waals surface area contributed by atoms with Crippen LogP contribution in [0.15, 0.2) is 30.7 Å². The highest BCUT2D eigenvalue weighted by Crippen LogP contribution is 2.21. The van der Waals surface area contributed by atoms with Gasteiger partial charge in [0.25, 0.3) is 0 Å². The van der Waals surface area contributed by atoms with Gasteiger partial charge in [0.15, 0.2) is 0 Å². The summed E-state index contributed by atoms with van der Waals surface area (Å²) in [5, 5.41) is 0. The Balaban J connectivity index is 2.50. The molecule has 71 valence electrons. The number of nitrogens with zero attached hydrogens (tertiary/aromatic N) is 2. The molecule has 3 nitrogen and oxygen atoms in total. The molecule has 2 aromatic rings. The van der Waals surface area contributed by atoms with Crippen LogP contribution in [0.3, 0.4) is 0 Å². The van der Waals surface area contributed by atoms with Crippen molar-refractivity contribution in [1.82, 2.24) is 9.55 Å². The quantitative estimate of drug-likeness (QED) is 0.718. The number of ether oxygens (including phenoxy) is 1. The molecule has 0 spiro atoms. The first-order chi connectivity index (χ1) is 6.81. The average molecular weight is 187 g/mol. The van der Waals surface area contributed by atoms with Crippen LogP contribution >= 0.6 is 0 Å². The van der Waals surface area contributed by atoms with E-state index in [1.54, 1.807) is 13.4 Å². The molecule has 0 bridgehead atoms. The second kappa shape index (κ2) is 3.54. The maximum Gasteiger partial charge on any atom is 0.143 e. The Kier molecular flexibility index (Phi) is 2.23. The Labute approximate surface area is 83.0 Å². The van der Waals surface area contributed by atoms with Gasteiger partial charge in [-0.3, -0.25) is 0 Å². The van der Waals surface area contributed by atoms with E-state index in [1.807, 2.05) is 35.9 Å². The van der Waals surface area contributed by atoms with Crippen molar-refractivity contribution in [2.24, 2.45) is 0 Å². The molecule has 0 atom stereocenters. The van der Waals surface area contributed by atoms with Crippen molar-refractivity contribution >= 4 is 0 Å². The highest BCUT2D eigenvalue weighted by atomic mass is 16.5. The summed E-state index contributed by atoms with van der Waals surface area (Å²) in [7, 11) is 1.65. The van der Waals surface area contributed by atoms with Crippen LogP contribution in [-0.2, 0) is 0 Å². The van der Waals surface area contributed by atoms with Crippen molar-refractivity contribution in [2.45, 2.75) is 6.92 Å². The van der Waals surface area contributed by atoms with E-state index in [0.29, 0.717) is 0 Å². The van der Waals surface area contributed by atoms with E-state index < -0.39 is 0 Å². The fraction of sp³-hybridized carbons (Fsp3) is 0.182. The number of imidazole rings is 1. The van der Waals surface area contributed by atoms with Crippen LogP contribution in [0, 0.1) is 13.0 Å². The largest absolute Gasteiger partial charge is 0.495 e. The molecule has 0 saturated heterocycles. The van der Waals surface area contributed by atoms with Gasteiger partial charge in [0.2, 0.25) is 0 Å². The molecule has 2 rings (SSSR count). The summed E-state index contributed by atoms with van der Waals surface area (Å²) >= 11 is 0. The Morgan fingerprint density at radius 3 is 3.00 bits per heavy atom. The highest BCUT2D eigenvalue weighted by molar-refractivity contribution is 5.46. The maximum atomic E-state index is 5.23. The van der Waals surface area contributed by atoms with Gasteiger partial charge in [-0.05, 0) is 25.1 Å². The molecule has 14 heavy (non-hydrogen) atoms. The number of hydrogen-bond acceptors (Lipinski definition) is 2. The van der Waals surface area contributed by atoms with Crippen LogP contribution < -0.4 is 4.74 Å². The molecule has 1 radical (unpaired) electrons. The first kappa shape index (κ1) is 8.81. The standard InChI is InChI=1S/C11H11N2O/c1-9-7-13(8-12-9)10-5-3-4-6-11(10)14-2/h3,5-8H,1-2H3. The fourth-order valence-electron chi connectivity index (χ4n) is 1.34. The zero-order chi connectivity index (χ0) is 9.97. The Hall–Kier alpha value is -1.77. The van der Waals surface area contributed by atoms with E-state index in [-0.39, 0.29) is 0 Å². The van der Waals surface area contributed by atoms with Crippen molar-refractivity contribution in [1.29, 1.82) is 0 Å². The molecule has 3 heteroatoms. The number of hydrogen-bond donors (Lipinski definition) is 0. The van der Waals surface area contributed by atoms with Crippen molar-refractivity contribution < 1.29 is 4.74 Å². The van der Waals surface area contributed by atoms with E-state index in [4.69, 9.17) is 4.74 Å². The zero-order valence-electron chi connectivity index (χ0n) is 8.19. The first-order valence-corrected chi connectivity index (χ1v) is 4.36. The predicted octanol–water partition coefficient (Wildman–Crippen LogP) is 1.99. The summed E-state index contributed by atoms with van der Waals surface area (Å²) in [6, 6.07) is 8.58. The van der Waals surface area contributed by atoms with Crippen LogP contribution in [0.25, 0.3) is 5.69 Å². The second-order valence-corrected chi connectivity index (χ2v) is 3.02. The molecule has 0 unspecified atom stereocenters. The third-order valence-electron chi connectivity index (χ3n) is 2.01. The summed E-state index contributed by atoms with van der Waals surface area (Å²) in [6.45, 7) is 1.96. The van der Waals surface area contributed by atoms with Crippen molar-refractivity contribution in [3.63, 3.8) is 0 Å². The fourth-order valence-corrected chi connectivity index (χ4v) is 1.34. The van der Waals surface area contributed by atoms with Gasteiger partial charge in [0.1, 0.15) is 5.75 Å². The van der Waals surface area contributed by atoms with Gasteiger partial charge in [-0.15, -0.1) is 0 Å². The molecular weight excluding hydrogens is 176 g/mol. The highest BCUT2D eigenvalue weighted by Gasteiger charge is 2.03. The smallest absolute Gasteiger partial charge is 0.143 e. The third-order valence-corrected chi connectivity index (χ3v) is 2.01. The van der Waals surface area contributed by atoms with Crippen LogP contribution in [-0.4, -0.2) is 16.7 Å². The molecule has 0 fully saturated rings. The number of aryl methyl sites for hydroxylation is 1. The lowest BCUT2D eigenvalue weighted by Crippen LogP contribution is -1.94. The molecule has 1 heterocycles. The van der Waals surface area contributed by atoms with Crippen molar-refractivity contribution in [2.75, 3.05) is 7.11 Å². The molecule has 0 N–H and O–H groups in total. The predicted molar refractivity (Wildman–Crippen MR) is 53.7 cm³/mol. The Morgan fingerprint density at radius 2 is 2.36 bits per heavy atom. The zero-order valence-corrected chi connectivity index (χ0v) is 8.19. The van der Waals surface area contributed by atoms with E-state index in [1.165, 1.54) is 0 Å². The molecule has 0 aliphatic carbocycles. The SMILES string of the molecule is COc1c[c]ccc1-n1cnc(C)c1. The lowest BCUT2D eigenvalue weighted by atomic mass is 10.3. The first-order valence-electron chi connectivity index (χ1n) is 4.36. The summed E-state index contributed by atoms with van der Waals surface area (Å²) in [6.07, 6.45) is 3.73. The van der Waals surface area contributed by atoms with E-state index in [2.05, 4.69) is 11.1 Å². The summed E-state index contributed by atoms with van der Waals surface area (Å²) in [5.41, 5.74) is 1.96. The average Bonchev–Trinajstić information content (AvgIpc) is 2.65. The minimum absolute atomic E-state index is 0.796. The van der Waals surface area contributed by atoms with Crippen LogP contribution in [0.1, 0.15) is 5.69 Å². The van der Waals surface area contributed by atoms with Gasteiger partial charge in [0.05, 0.1) is 24.8 Å². The van der Waals surface area contributed by atoms with E-state index in [0.717, 1.165) is 17.1 Å². The van der Waals surface area contributed by atoms with Crippen LogP contribution in [0.2, 0.25) is 0 Å². The second-order valence-electron chi connectivity index (χ2n) is 3.02. The lowest BCUT2D eigenvalue weighted by molar-refractivity contribution is 0.413. The Morgan fingerprint density at radius 1 is 1.50 bits per heavy atom. The number of methoxy groups -OCH3 is 1. The van der Waals surface area contributed by atoms with Crippen molar-refractivity contribution in [3.8, 4) is 11.4 Å². The van der Waals surface area contributed by atoms with Crippen molar-refractivity contribution in [3.05, 3.63) is 42.5 Å². The summed E-state index contributed by atoms with van der Waals surface area (Å²) < 4.78 is 7.16.